The van der Waals surface area contributed by atoms with Crippen LogP contribution in [0.25, 0.3) is 16.5 Å². The van der Waals surface area contributed by atoms with Crippen LogP contribution in [0.2, 0.25) is 0 Å². The molecule has 1 aliphatic rings. The first-order valence-electron chi connectivity index (χ1n) is 8.59. The van der Waals surface area contributed by atoms with Crippen molar-refractivity contribution in [3.8, 4) is 0 Å². The van der Waals surface area contributed by atoms with E-state index in [0.717, 1.165) is 29.4 Å². The highest BCUT2D eigenvalue weighted by molar-refractivity contribution is 6.05. The summed E-state index contributed by atoms with van der Waals surface area (Å²) in [6, 6.07) is 9.80. The SMILES string of the molecule is CN(C(=O)c1ccn[nH]1)c1ccc2cc(C3=CCCCC3)cnc2c1. The number of nitrogens with one attached hydrogen (secondary N) is 1. The van der Waals surface area contributed by atoms with E-state index in [2.05, 4.69) is 27.3 Å². The smallest absolute Gasteiger partial charge is 0.276 e. The van der Waals surface area contributed by atoms with E-state index in [1.807, 2.05) is 24.4 Å². The molecule has 25 heavy (non-hydrogen) atoms. The summed E-state index contributed by atoms with van der Waals surface area (Å²) < 4.78 is 0. The molecule has 0 unspecified atom stereocenters. The zero-order valence-corrected chi connectivity index (χ0v) is 14.2. The summed E-state index contributed by atoms with van der Waals surface area (Å²) in [5, 5.41) is 7.63. The molecule has 1 aromatic carbocycles. The van der Waals surface area contributed by atoms with E-state index in [9.17, 15) is 4.79 Å². The van der Waals surface area contributed by atoms with E-state index in [1.54, 1.807) is 24.2 Å². The number of amides is 1. The second kappa shape index (κ2) is 6.51. The number of hydrogen-bond donors (Lipinski definition) is 1. The van der Waals surface area contributed by atoms with Gasteiger partial charge in [-0.1, -0.05) is 12.1 Å². The van der Waals surface area contributed by atoms with Gasteiger partial charge in [0.1, 0.15) is 5.69 Å². The van der Waals surface area contributed by atoms with E-state index in [0.29, 0.717) is 5.69 Å². The Kier molecular flexibility index (Phi) is 4.06. The van der Waals surface area contributed by atoms with Gasteiger partial charge in [0, 0.05) is 30.5 Å². The quantitative estimate of drug-likeness (QED) is 0.782. The van der Waals surface area contributed by atoms with Gasteiger partial charge in [-0.3, -0.25) is 14.9 Å². The standard InChI is InChI=1S/C20H20N4O/c1-24(20(25)18-9-10-22-23-18)17-8-7-15-11-16(13-21-19(15)12-17)14-5-3-2-4-6-14/h5,7-13H,2-4,6H2,1H3,(H,22,23). The Hall–Kier alpha value is -2.95. The summed E-state index contributed by atoms with van der Waals surface area (Å²) in [6.07, 6.45) is 10.7. The molecule has 5 heteroatoms. The number of allylic oxidation sites excluding steroid dienone is 2. The van der Waals surface area contributed by atoms with Crippen molar-refractivity contribution in [3.63, 3.8) is 0 Å². The topological polar surface area (TPSA) is 61.9 Å². The van der Waals surface area contributed by atoms with Gasteiger partial charge in [0.25, 0.3) is 5.91 Å². The minimum Gasteiger partial charge on any atom is -0.310 e. The lowest BCUT2D eigenvalue weighted by Crippen LogP contribution is -2.26. The van der Waals surface area contributed by atoms with Crippen LogP contribution >= 0.6 is 0 Å². The van der Waals surface area contributed by atoms with Crippen molar-refractivity contribution in [1.82, 2.24) is 15.2 Å². The number of pyridine rings is 1. The van der Waals surface area contributed by atoms with Crippen molar-refractivity contribution in [2.75, 3.05) is 11.9 Å². The summed E-state index contributed by atoms with van der Waals surface area (Å²) in [6.45, 7) is 0. The van der Waals surface area contributed by atoms with Crippen molar-refractivity contribution in [3.05, 3.63) is 60.1 Å². The highest BCUT2D eigenvalue weighted by Crippen LogP contribution is 2.29. The average molecular weight is 332 g/mol. The van der Waals surface area contributed by atoms with Gasteiger partial charge in [0.15, 0.2) is 0 Å². The van der Waals surface area contributed by atoms with E-state index in [1.165, 1.54) is 24.0 Å². The Morgan fingerprint density at radius 1 is 1.20 bits per heavy atom. The molecule has 0 bridgehead atoms. The number of carbonyl (C=O) groups excluding carboxylic acids is 1. The van der Waals surface area contributed by atoms with Crippen LogP contribution in [0, 0.1) is 0 Å². The van der Waals surface area contributed by atoms with Crippen LogP contribution in [0.15, 0.2) is 48.8 Å². The maximum Gasteiger partial charge on any atom is 0.276 e. The van der Waals surface area contributed by atoms with Crippen molar-refractivity contribution in [2.24, 2.45) is 0 Å². The van der Waals surface area contributed by atoms with Gasteiger partial charge in [-0.25, -0.2) is 0 Å². The van der Waals surface area contributed by atoms with Gasteiger partial charge in [-0.2, -0.15) is 5.10 Å². The number of carbonyl (C=O) groups is 1. The maximum absolute atomic E-state index is 12.4. The molecule has 2 heterocycles. The van der Waals surface area contributed by atoms with Gasteiger partial charge in [0.2, 0.25) is 0 Å². The monoisotopic (exact) mass is 332 g/mol. The van der Waals surface area contributed by atoms with E-state index in [4.69, 9.17) is 0 Å². The number of aromatic amines is 1. The fourth-order valence-electron chi connectivity index (χ4n) is 3.27. The van der Waals surface area contributed by atoms with Crippen LogP contribution < -0.4 is 4.90 Å². The van der Waals surface area contributed by atoms with Crippen LogP contribution in [-0.2, 0) is 0 Å². The largest absolute Gasteiger partial charge is 0.310 e. The van der Waals surface area contributed by atoms with Crippen molar-refractivity contribution < 1.29 is 4.79 Å². The van der Waals surface area contributed by atoms with Crippen molar-refractivity contribution in [2.45, 2.75) is 25.7 Å². The number of rotatable bonds is 3. The summed E-state index contributed by atoms with van der Waals surface area (Å²) in [5.41, 5.74) is 4.78. The molecule has 1 amide bonds. The molecule has 0 saturated carbocycles. The van der Waals surface area contributed by atoms with E-state index < -0.39 is 0 Å². The molecular weight excluding hydrogens is 312 g/mol. The zero-order valence-electron chi connectivity index (χ0n) is 14.2. The first-order valence-corrected chi connectivity index (χ1v) is 8.59. The molecule has 4 rings (SSSR count). The average Bonchev–Trinajstić information content (AvgIpc) is 3.21. The molecule has 1 aliphatic carbocycles. The van der Waals surface area contributed by atoms with Gasteiger partial charge in [-0.05, 0) is 61.1 Å². The number of fused-ring (bicyclic) bond motifs is 1. The normalized spacial score (nSPS) is 14.4. The Bertz CT molecular complexity index is 943. The second-order valence-electron chi connectivity index (χ2n) is 6.41. The predicted molar refractivity (Wildman–Crippen MR) is 99.5 cm³/mol. The molecule has 2 aromatic heterocycles. The lowest BCUT2D eigenvalue weighted by Gasteiger charge is -2.17. The van der Waals surface area contributed by atoms with Crippen molar-refractivity contribution >= 4 is 28.1 Å². The van der Waals surface area contributed by atoms with E-state index in [-0.39, 0.29) is 5.91 Å². The summed E-state index contributed by atoms with van der Waals surface area (Å²) in [7, 11) is 1.76. The third kappa shape index (κ3) is 3.05. The Morgan fingerprint density at radius 3 is 2.88 bits per heavy atom. The van der Waals surface area contributed by atoms with Crippen LogP contribution in [-0.4, -0.2) is 28.1 Å². The van der Waals surface area contributed by atoms with Gasteiger partial charge >= 0.3 is 0 Å². The van der Waals surface area contributed by atoms with Gasteiger partial charge in [0.05, 0.1) is 5.52 Å². The summed E-state index contributed by atoms with van der Waals surface area (Å²) >= 11 is 0. The number of H-pyrrole nitrogens is 1. The maximum atomic E-state index is 12.4. The van der Waals surface area contributed by atoms with Crippen LogP contribution in [0.5, 0.6) is 0 Å². The van der Waals surface area contributed by atoms with Crippen LogP contribution in [0.3, 0.4) is 0 Å². The number of anilines is 1. The molecule has 0 aliphatic heterocycles. The fourth-order valence-corrected chi connectivity index (χ4v) is 3.27. The predicted octanol–water partition coefficient (Wildman–Crippen LogP) is 4.19. The van der Waals surface area contributed by atoms with E-state index >= 15 is 0 Å². The number of aromatic nitrogens is 3. The molecule has 0 atom stereocenters. The molecule has 3 aromatic rings. The molecule has 0 spiro atoms. The molecular formula is C20H20N4O. The van der Waals surface area contributed by atoms with Gasteiger partial charge < -0.3 is 4.90 Å². The van der Waals surface area contributed by atoms with Gasteiger partial charge in [-0.15, -0.1) is 0 Å². The minimum atomic E-state index is -0.124. The molecule has 0 radical (unpaired) electrons. The fraction of sp³-hybridized carbons (Fsp3) is 0.250. The van der Waals surface area contributed by atoms with Crippen LogP contribution in [0.1, 0.15) is 41.7 Å². The molecule has 1 N–H and O–H groups in total. The third-order valence-corrected chi connectivity index (χ3v) is 4.75. The highest BCUT2D eigenvalue weighted by atomic mass is 16.2. The first-order chi connectivity index (χ1) is 12.2. The summed E-state index contributed by atoms with van der Waals surface area (Å²) in [4.78, 5) is 18.7. The number of nitrogens with zero attached hydrogens (tertiary/aromatic N) is 3. The Balaban J connectivity index is 1.64. The highest BCUT2D eigenvalue weighted by Gasteiger charge is 2.15. The van der Waals surface area contributed by atoms with Crippen molar-refractivity contribution in [1.29, 1.82) is 0 Å². The summed E-state index contributed by atoms with van der Waals surface area (Å²) in [5.74, 6) is -0.124. The third-order valence-electron chi connectivity index (χ3n) is 4.75. The lowest BCUT2D eigenvalue weighted by molar-refractivity contribution is 0.0988. The molecule has 5 nitrogen and oxygen atoms in total. The Morgan fingerprint density at radius 2 is 2.12 bits per heavy atom. The number of hydrogen-bond acceptors (Lipinski definition) is 3. The first kappa shape index (κ1) is 15.6. The molecule has 0 fully saturated rings. The molecule has 0 saturated heterocycles. The zero-order chi connectivity index (χ0) is 17.2. The molecule has 126 valence electrons. The number of benzene rings is 1. The second-order valence-corrected chi connectivity index (χ2v) is 6.41. The lowest BCUT2D eigenvalue weighted by atomic mass is 9.94. The van der Waals surface area contributed by atoms with Crippen LogP contribution in [0.4, 0.5) is 5.69 Å². The Labute approximate surface area is 146 Å². The minimum absolute atomic E-state index is 0.124.